The molecule has 1 atom stereocenters. The monoisotopic (exact) mass is 271 g/mol. The van der Waals surface area contributed by atoms with Gasteiger partial charge in [0.05, 0.1) is 0 Å². The van der Waals surface area contributed by atoms with Gasteiger partial charge < -0.3 is 5.32 Å². The van der Waals surface area contributed by atoms with Crippen molar-refractivity contribution in [2.75, 3.05) is 7.05 Å². The van der Waals surface area contributed by atoms with Crippen LogP contribution in [0.3, 0.4) is 0 Å². The number of rotatable bonds is 5. The average Bonchev–Trinajstić information content (AvgIpc) is 2.42. The third-order valence-corrected chi connectivity index (χ3v) is 4.59. The lowest BCUT2D eigenvalue weighted by atomic mass is 9.89. The lowest BCUT2D eigenvalue weighted by molar-refractivity contribution is 0.530. The van der Waals surface area contributed by atoms with Gasteiger partial charge in [0.1, 0.15) is 0 Å². The highest BCUT2D eigenvalue weighted by Crippen LogP contribution is 2.24. The van der Waals surface area contributed by atoms with Gasteiger partial charge in [-0.25, -0.2) is 0 Å². The van der Waals surface area contributed by atoms with Crippen LogP contribution in [0.1, 0.15) is 54.4 Å². The van der Waals surface area contributed by atoms with E-state index < -0.39 is 0 Å². The van der Waals surface area contributed by atoms with Crippen molar-refractivity contribution in [1.82, 2.24) is 5.32 Å². The van der Waals surface area contributed by atoms with Gasteiger partial charge in [0.2, 0.25) is 0 Å². The molecule has 20 heavy (non-hydrogen) atoms. The summed E-state index contributed by atoms with van der Waals surface area (Å²) in [4.78, 5) is 0. The molecule has 1 aliphatic carbocycles. The Morgan fingerprint density at radius 1 is 1.05 bits per heavy atom. The van der Waals surface area contributed by atoms with Crippen LogP contribution >= 0.6 is 0 Å². The fourth-order valence-electron chi connectivity index (χ4n) is 3.46. The molecule has 0 saturated heterocycles. The van der Waals surface area contributed by atoms with E-state index in [4.69, 9.17) is 0 Å². The minimum Gasteiger partial charge on any atom is -0.316 e. The van der Waals surface area contributed by atoms with E-state index in [9.17, 15) is 0 Å². The zero-order chi connectivity index (χ0) is 14.5. The van der Waals surface area contributed by atoms with Crippen LogP contribution < -0.4 is 5.32 Å². The summed E-state index contributed by atoms with van der Waals surface area (Å²) in [5.41, 5.74) is 7.46. The van der Waals surface area contributed by atoms with Crippen molar-refractivity contribution < 1.29 is 0 Å². The highest BCUT2D eigenvalue weighted by molar-refractivity contribution is 5.38. The summed E-state index contributed by atoms with van der Waals surface area (Å²) in [6.07, 6.45) is 10.2. The summed E-state index contributed by atoms with van der Waals surface area (Å²) < 4.78 is 0. The van der Waals surface area contributed by atoms with E-state index in [-0.39, 0.29) is 0 Å². The van der Waals surface area contributed by atoms with Gasteiger partial charge in [-0.05, 0) is 83.0 Å². The van der Waals surface area contributed by atoms with E-state index >= 15 is 0 Å². The topological polar surface area (TPSA) is 12.0 Å². The minimum atomic E-state index is 0.569. The van der Waals surface area contributed by atoms with Crippen LogP contribution in [0.15, 0.2) is 23.8 Å². The average molecular weight is 271 g/mol. The van der Waals surface area contributed by atoms with Gasteiger partial charge in [-0.15, -0.1) is 0 Å². The molecular weight excluding hydrogens is 242 g/mol. The molecule has 1 unspecified atom stereocenters. The van der Waals surface area contributed by atoms with Gasteiger partial charge in [0, 0.05) is 6.04 Å². The van der Waals surface area contributed by atoms with Gasteiger partial charge in [0.25, 0.3) is 0 Å². The van der Waals surface area contributed by atoms with Gasteiger partial charge >= 0.3 is 0 Å². The molecular formula is C19H29N. The summed E-state index contributed by atoms with van der Waals surface area (Å²) in [5.74, 6) is 0. The fraction of sp³-hybridized carbons (Fsp3) is 0.579. The van der Waals surface area contributed by atoms with Crippen molar-refractivity contribution in [3.05, 3.63) is 46.0 Å². The molecule has 0 heterocycles. The Hall–Kier alpha value is -1.08. The van der Waals surface area contributed by atoms with Gasteiger partial charge in [-0.3, -0.25) is 0 Å². The molecule has 2 rings (SSSR count). The maximum absolute atomic E-state index is 3.53. The first kappa shape index (κ1) is 15.3. The second kappa shape index (κ2) is 7.08. The molecule has 1 aromatic carbocycles. The molecule has 0 bridgehead atoms. The highest BCUT2D eigenvalue weighted by atomic mass is 14.9. The van der Waals surface area contributed by atoms with E-state index in [1.165, 1.54) is 54.4 Å². The molecule has 0 saturated carbocycles. The van der Waals surface area contributed by atoms with Gasteiger partial charge in [0.15, 0.2) is 0 Å². The smallest absolute Gasteiger partial charge is 0.0142 e. The van der Waals surface area contributed by atoms with Crippen molar-refractivity contribution >= 4 is 0 Å². The molecule has 1 aromatic rings. The van der Waals surface area contributed by atoms with Crippen molar-refractivity contribution in [2.45, 2.75) is 65.3 Å². The third-order valence-electron chi connectivity index (χ3n) is 4.59. The molecule has 0 aliphatic heterocycles. The number of nitrogens with one attached hydrogen (secondary N) is 1. The Kier molecular flexibility index (Phi) is 5.42. The number of likely N-dealkylation sites (N-methyl/N-ethyl adjacent to an activating group) is 1. The van der Waals surface area contributed by atoms with Gasteiger partial charge in [-0.1, -0.05) is 29.3 Å². The normalized spacial score (nSPS) is 16.9. The summed E-state index contributed by atoms with van der Waals surface area (Å²) in [6, 6.07) is 5.20. The minimum absolute atomic E-state index is 0.569. The number of aryl methyl sites for hydroxylation is 3. The van der Waals surface area contributed by atoms with Gasteiger partial charge in [-0.2, -0.15) is 0 Å². The Morgan fingerprint density at radius 2 is 1.75 bits per heavy atom. The second-order valence-corrected chi connectivity index (χ2v) is 6.38. The van der Waals surface area contributed by atoms with E-state index in [1.807, 2.05) is 0 Å². The van der Waals surface area contributed by atoms with Crippen molar-refractivity contribution in [2.24, 2.45) is 0 Å². The summed E-state index contributed by atoms with van der Waals surface area (Å²) in [5, 5.41) is 3.53. The summed E-state index contributed by atoms with van der Waals surface area (Å²) in [6.45, 7) is 6.69. The van der Waals surface area contributed by atoms with Crippen LogP contribution in [-0.4, -0.2) is 13.1 Å². The lowest BCUT2D eigenvalue weighted by Gasteiger charge is -2.22. The first-order chi connectivity index (χ1) is 9.60. The van der Waals surface area contributed by atoms with Crippen LogP contribution in [-0.2, 0) is 6.42 Å². The Labute approximate surface area is 124 Å². The molecule has 1 aliphatic rings. The largest absolute Gasteiger partial charge is 0.316 e. The van der Waals surface area contributed by atoms with Crippen molar-refractivity contribution in [1.29, 1.82) is 0 Å². The second-order valence-electron chi connectivity index (χ2n) is 6.38. The molecule has 1 N–H and O–H groups in total. The Balaban J connectivity index is 2.08. The van der Waals surface area contributed by atoms with E-state index in [0.29, 0.717) is 6.04 Å². The zero-order valence-corrected chi connectivity index (χ0v) is 13.6. The van der Waals surface area contributed by atoms with Crippen molar-refractivity contribution in [3.63, 3.8) is 0 Å². The number of allylic oxidation sites excluding steroid dienone is 1. The Bertz CT molecular complexity index is 462. The van der Waals surface area contributed by atoms with Crippen LogP contribution in [0.5, 0.6) is 0 Å². The Morgan fingerprint density at radius 3 is 2.30 bits per heavy atom. The van der Waals surface area contributed by atoms with Crippen LogP contribution in [0, 0.1) is 20.8 Å². The van der Waals surface area contributed by atoms with E-state index in [1.54, 1.807) is 5.57 Å². The highest BCUT2D eigenvalue weighted by Gasteiger charge is 2.14. The van der Waals surface area contributed by atoms with E-state index in [2.05, 4.69) is 51.3 Å². The number of hydrogen-bond donors (Lipinski definition) is 1. The molecule has 0 amide bonds. The maximum atomic E-state index is 3.53. The molecule has 110 valence electrons. The van der Waals surface area contributed by atoms with Crippen LogP contribution in [0.25, 0.3) is 0 Å². The van der Waals surface area contributed by atoms with Crippen LogP contribution in [0.4, 0.5) is 0 Å². The number of benzene rings is 1. The first-order valence-electron chi connectivity index (χ1n) is 8.02. The molecule has 1 nitrogen and oxygen atoms in total. The standard InChI is InChI=1S/C19H29N/c1-14-10-15(2)19(16(3)11-14)13-18(20-4)12-17-8-6-5-7-9-17/h8,10-11,18,20H,5-7,9,12-13H2,1-4H3. The predicted octanol–water partition coefficient (Wildman–Crippen LogP) is 4.63. The van der Waals surface area contributed by atoms with E-state index in [0.717, 1.165) is 6.42 Å². The SMILES string of the molecule is CNC(CC1=CCCCC1)Cc1c(C)cc(C)cc1C. The fourth-order valence-corrected chi connectivity index (χ4v) is 3.46. The summed E-state index contributed by atoms with van der Waals surface area (Å²) in [7, 11) is 2.10. The molecule has 0 fully saturated rings. The number of hydrogen-bond acceptors (Lipinski definition) is 1. The van der Waals surface area contributed by atoms with Crippen molar-refractivity contribution in [3.8, 4) is 0 Å². The lowest BCUT2D eigenvalue weighted by Crippen LogP contribution is -2.29. The summed E-state index contributed by atoms with van der Waals surface area (Å²) >= 11 is 0. The predicted molar refractivity (Wildman–Crippen MR) is 88.4 cm³/mol. The molecule has 0 radical (unpaired) electrons. The first-order valence-corrected chi connectivity index (χ1v) is 8.02. The molecule has 1 heteroatoms. The maximum Gasteiger partial charge on any atom is 0.0142 e. The molecule has 0 spiro atoms. The van der Waals surface area contributed by atoms with Crippen LogP contribution in [0.2, 0.25) is 0 Å². The third kappa shape index (κ3) is 3.96. The zero-order valence-electron chi connectivity index (χ0n) is 13.6. The quantitative estimate of drug-likeness (QED) is 0.770. The molecule has 0 aromatic heterocycles.